The first-order valence-corrected chi connectivity index (χ1v) is 9.10. The molecule has 1 aromatic carbocycles. The summed E-state index contributed by atoms with van der Waals surface area (Å²) < 4.78 is 21.3. The molecule has 1 amide bonds. The van der Waals surface area contributed by atoms with E-state index in [0.29, 0.717) is 5.13 Å². The number of amides is 1. The van der Waals surface area contributed by atoms with E-state index in [2.05, 4.69) is 15.6 Å². The van der Waals surface area contributed by atoms with Crippen LogP contribution in [0, 0.1) is 11.5 Å². The Morgan fingerprint density at radius 2 is 2.24 bits per heavy atom. The highest BCUT2D eigenvalue weighted by Crippen LogP contribution is 2.39. The molecule has 130 valence electrons. The molecule has 2 aromatic rings. The molecule has 4 rings (SSSR count). The smallest absolute Gasteiger partial charge is 0.263 e. The first-order chi connectivity index (χ1) is 12.1. The number of carbonyl (C=O) groups excluding carboxylic acids is 1. The number of nitrogens with one attached hydrogen (secondary N) is 2. The fraction of sp³-hybridized carbons (Fsp3) is 0.471. The first-order valence-electron chi connectivity index (χ1n) is 8.28. The molecule has 2 saturated carbocycles. The van der Waals surface area contributed by atoms with Crippen LogP contribution in [-0.4, -0.2) is 28.7 Å². The summed E-state index contributed by atoms with van der Waals surface area (Å²) in [5.74, 6) is 0.0566. The molecule has 0 saturated heterocycles. The fourth-order valence-corrected chi connectivity index (χ4v) is 3.96. The number of carbonyl (C=O) groups is 1. The minimum absolute atomic E-state index is 0.00662. The van der Waals surface area contributed by atoms with Crippen molar-refractivity contribution >= 4 is 32.6 Å². The van der Waals surface area contributed by atoms with Gasteiger partial charge in [0.2, 0.25) is 0 Å². The zero-order valence-electron chi connectivity index (χ0n) is 13.4. The van der Waals surface area contributed by atoms with Gasteiger partial charge in [0.1, 0.15) is 5.75 Å². The Hall–Kier alpha value is -2.40. The Kier molecular flexibility index (Phi) is 3.96. The van der Waals surface area contributed by atoms with Gasteiger partial charge >= 0.3 is 0 Å². The number of alkyl halides is 1. The molecule has 1 heterocycles. The monoisotopic (exact) mass is 360 g/mol. The van der Waals surface area contributed by atoms with Crippen molar-refractivity contribution < 1.29 is 13.9 Å². The Morgan fingerprint density at radius 3 is 2.92 bits per heavy atom. The summed E-state index contributed by atoms with van der Waals surface area (Å²) in [7, 11) is 0. The number of nitriles is 1. The number of hydrogen-bond acceptors (Lipinski definition) is 6. The molecule has 6 nitrogen and oxygen atoms in total. The molecule has 2 fully saturated rings. The average Bonchev–Trinajstić information content (AvgIpc) is 2.92. The van der Waals surface area contributed by atoms with E-state index >= 15 is 0 Å². The van der Waals surface area contributed by atoms with Crippen molar-refractivity contribution in [1.29, 1.82) is 5.26 Å². The van der Waals surface area contributed by atoms with Crippen LogP contribution >= 0.6 is 11.3 Å². The molecule has 1 aromatic heterocycles. The first kappa shape index (κ1) is 16.1. The quantitative estimate of drug-likeness (QED) is 0.632. The molecule has 25 heavy (non-hydrogen) atoms. The number of rotatable bonds is 5. The van der Waals surface area contributed by atoms with Crippen LogP contribution in [0.5, 0.6) is 5.75 Å². The SMILES string of the molecule is N#CN[C@H]1C[C@@](F)(C(=O)Nc2nc3cccc(OC4CCC4)c3s2)C1. The minimum Gasteiger partial charge on any atom is -0.489 e. The van der Waals surface area contributed by atoms with E-state index in [9.17, 15) is 9.18 Å². The van der Waals surface area contributed by atoms with Gasteiger partial charge in [0.05, 0.1) is 16.3 Å². The van der Waals surface area contributed by atoms with Gasteiger partial charge in [0.25, 0.3) is 5.91 Å². The summed E-state index contributed by atoms with van der Waals surface area (Å²) in [5, 5.41) is 13.9. The zero-order valence-corrected chi connectivity index (χ0v) is 14.2. The lowest BCUT2D eigenvalue weighted by Gasteiger charge is -2.38. The van der Waals surface area contributed by atoms with Crippen molar-refractivity contribution in [2.45, 2.75) is 49.9 Å². The molecule has 2 aliphatic rings. The second kappa shape index (κ2) is 6.15. The standard InChI is InChI=1S/C17H17FN4O2S/c18-17(7-10(8-17)20-9-19)15(23)22-16-21-12-5-2-6-13(14(12)25-16)24-11-3-1-4-11/h2,5-6,10-11,20H,1,3-4,7-8H2,(H,21,22,23)/t10-,17-. The average molecular weight is 360 g/mol. The normalized spacial score (nSPS) is 25.5. The summed E-state index contributed by atoms with van der Waals surface area (Å²) >= 11 is 1.29. The Bertz CT molecular complexity index is 852. The van der Waals surface area contributed by atoms with Crippen LogP contribution in [-0.2, 0) is 4.79 Å². The number of ether oxygens (including phenoxy) is 1. The third kappa shape index (κ3) is 3.00. The maximum absolute atomic E-state index is 14.5. The van der Waals surface area contributed by atoms with Gasteiger partial charge in [-0.15, -0.1) is 0 Å². The summed E-state index contributed by atoms with van der Waals surface area (Å²) in [6.07, 6.45) is 5.31. The number of thiazole rings is 1. The number of benzene rings is 1. The third-order valence-electron chi connectivity index (χ3n) is 4.76. The van der Waals surface area contributed by atoms with Gasteiger partial charge < -0.3 is 10.1 Å². The van der Waals surface area contributed by atoms with Crippen LogP contribution in [0.1, 0.15) is 32.1 Å². The number of nitrogens with zero attached hydrogens (tertiary/aromatic N) is 2. The maximum atomic E-state index is 14.5. The predicted molar refractivity (Wildman–Crippen MR) is 92.1 cm³/mol. The molecular weight excluding hydrogens is 343 g/mol. The summed E-state index contributed by atoms with van der Waals surface area (Å²) in [6.45, 7) is 0. The fourth-order valence-electron chi connectivity index (χ4n) is 3.05. The topological polar surface area (TPSA) is 87.0 Å². The highest BCUT2D eigenvalue weighted by atomic mass is 32.1. The van der Waals surface area contributed by atoms with Crippen LogP contribution in [0.15, 0.2) is 18.2 Å². The third-order valence-corrected chi connectivity index (χ3v) is 5.76. The van der Waals surface area contributed by atoms with Gasteiger partial charge in [0, 0.05) is 18.9 Å². The molecule has 0 radical (unpaired) electrons. The highest BCUT2D eigenvalue weighted by Gasteiger charge is 2.51. The van der Waals surface area contributed by atoms with Crippen LogP contribution in [0.25, 0.3) is 10.2 Å². The number of aromatic nitrogens is 1. The number of halogens is 1. The molecule has 2 aliphatic carbocycles. The second-order valence-electron chi connectivity index (χ2n) is 6.57. The molecule has 0 aliphatic heterocycles. The van der Waals surface area contributed by atoms with Crippen LogP contribution < -0.4 is 15.4 Å². The lowest BCUT2D eigenvalue weighted by Crippen LogP contribution is -2.56. The number of hydrogen-bond donors (Lipinski definition) is 2. The summed E-state index contributed by atoms with van der Waals surface area (Å²) in [5.41, 5.74) is -1.22. The maximum Gasteiger partial charge on any atom is 0.263 e. The van der Waals surface area contributed by atoms with E-state index in [4.69, 9.17) is 10.00 Å². The van der Waals surface area contributed by atoms with Gasteiger partial charge in [-0.2, -0.15) is 5.26 Å². The van der Waals surface area contributed by atoms with Crippen molar-refractivity contribution in [3.8, 4) is 11.9 Å². The van der Waals surface area contributed by atoms with Crippen molar-refractivity contribution in [1.82, 2.24) is 10.3 Å². The molecule has 0 spiro atoms. The molecule has 2 N–H and O–H groups in total. The van der Waals surface area contributed by atoms with Crippen LogP contribution in [0.4, 0.5) is 9.52 Å². The Morgan fingerprint density at radius 1 is 1.44 bits per heavy atom. The van der Waals surface area contributed by atoms with Gasteiger partial charge in [-0.05, 0) is 31.4 Å². The largest absolute Gasteiger partial charge is 0.489 e. The van der Waals surface area contributed by atoms with Crippen LogP contribution in [0.2, 0.25) is 0 Å². The van der Waals surface area contributed by atoms with Gasteiger partial charge in [-0.1, -0.05) is 17.4 Å². The Labute approximate surface area is 148 Å². The van der Waals surface area contributed by atoms with E-state index in [1.807, 2.05) is 18.2 Å². The van der Waals surface area contributed by atoms with Gasteiger partial charge in [-0.3, -0.25) is 10.1 Å². The van der Waals surface area contributed by atoms with Crippen molar-refractivity contribution in [2.24, 2.45) is 0 Å². The second-order valence-corrected chi connectivity index (χ2v) is 7.57. The number of fused-ring (bicyclic) bond motifs is 1. The van der Waals surface area contributed by atoms with Crippen molar-refractivity contribution in [3.05, 3.63) is 18.2 Å². The highest BCUT2D eigenvalue weighted by molar-refractivity contribution is 7.22. The molecule has 0 bridgehead atoms. The minimum atomic E-state index is -1.95. The predicted octanol–water partition coefficient (Wildman–Crippen LogP) is 3.11. The zero-order chi connectivity index (χ0) is 17.4. The van der Waals surface area contributed by atoms with Crippen molar-refractivity contribution in [2.75, 3.05) is 5.32 Å². The van der Waals surface area contributed by atoms with Crippen molar-refractivity contribution in [3.63, 3.8) is 0 Å². The summed E-state index contributed by atoms with van der Waals surface area (Å²) in [4.78, 5) is 16.6. The Balaban J connectivity index is 1.47. The van der Waals surface area contributed by atoms with Gasteiger partial charge in [-0.25, -0.2) is 9.37 Å². The lowest BCUT2D eigenvalue weighted by atomic mass is 9.76. The summed E-state index contributed by atoms with van der Waals surface area (Å²) in [6, 6.07) is 5.32. The molecular formula is C17H17FN4O2S. The van der Waals surface area contributed by atoms with E-state index in [1.165, 1.54) is 17.8 Å². The van der Waals surface area contributed by atoms with Crippen LogP contribution in [0.3, 0.4) is 0 Å². The lowest BCUT2D eigenvalue weighted by molar-refractivity contribution is -0.134. The van der Waals surface area contributed by atoms with Gasteiger partial charge in [0.15, 0.2) is 17.0 Å². The van der Waals surface area contributed by atoms with E-state index < -0.39 is 11.6 Å². The molecule has 0 atom stereocenters. The molecule has 8 heteroatoms. The van der Waals surface area contributed by atoms with E-state index in [0.717, 1.165) is 28.8 Å². The number of anilines is 1. The molecule has 0 unspecified atom stereocenters. The van der Waals surface area contributed by atoms with E-state index in [1.54, 1.807) is 6.19 Å². The van der Waals surface area contributed by atoms with E-state index in [-0.39, 0.29) is 25.0 Å².